The molecule has 2 atom stereocenters. The molecule has 5 nitrogen and oxygen atoms in total. The van der Waals surface area contributed by atoms with E-state index in [4.69, 9.17) is 4.74 Å². The van der Waals surface area contributed by atoms with Gasteiger partial charge in [-0.2, -0.15) is 0 Å². The van der Waals surface area contributed by atoms with Gasteiger partial charge in [0.1, 0.15) is 0 Å². The molecule has 0 bridgehead atoms. The quantitative estimate of drug-likeness (QED) is 0.774. The molecule has 98 valence electrons. The predicted molar refractivity (Wildman–Crippen MR) is 63.8 cm³/mol. The van der Waals surface area contributed by atoms with Crippen LogP contribution >= 0.6 is 0 Å². The lowest BCUT2D eigenvalue weighted by atomic mass is 10.1. The van der Waals surface area contributed by atoms with Crippen molar-refractivity contribution in [2.24, 2.45) is 0 Å². The van der Waals surface area contributed by atoms with Crippen molar-refractivity contribution in [2.45, 2.75) is 38.3 Å². The zero-order valence-electron chi connectivity index (χ0n) is 10.5. The monoisotopic (exact) mass is 242 g/mol. The Bertz CT molecular complexity index is 264. The number of ether oxygens (including phenoxy) is 1. The Morgan fingerprint density at radius 2 is 2.12 bits per heavy atom. The highest BCUT2D eigenvalue weighted by Gasteiger charge is 2.32. The Kier molecular flexibility index (Phi) is 4.23. The summed E-state index contributed by atoms with van der Waals surface area (Å²) in [4.78, 5) is 16.1. The van der Waals surface area contributed by atoms with Crippen LogP contribution in [0.1, 0.15) is 26.2 Å². The van der Waals surface area contributed by atoms with E-state index in [-0.39, 0.29) is 18.2 Å². The summed E-state index contributed by atoms with van der Waals surface area (Å²) in [6, 6.07) is 0.335. The van der Waals surface area contributed by atoms with Crippen molar-refractivity contribution in [2.75, 3.05) is 32.8 Å². The number of hydrogen-bond donors (Lipinski definition) is 1. The van der Waals surface area contributed by atoms with Crippen LogP contribution in [0.15, 0.2) is 0 Å². The second kappa shape index (κ2) is 5.69. The Morgan fingerprint density at radius 1 is 1.41 bits per heavy atom. The zero-order valence-corrected chi connectivity index (χ0v) is 10.5. The number of morpholine rings is 1. The molecule has 2 amide bonds. The number of amides is 2. The fourth-order valence-electron chi connectivity index (χ4n) is 2.66. The van der Waals surface area contributed by atoms with Crippen LogP contribution in [0.4, 0.5) is 4.79 Å². The van der Waals surface area contributed by atoms with E-state index in [1.54, 1.807) is 6.92 Å². The van der Waals surface area contributed by atoms with Gasteiger partial charge in [-0.1, -0.05) is 0 Å². The average molecular weight is 242 g/mol. The maximum absolute atomic E-state index is 12.3. The van der Waals surface area contributed by atoms with Crippen LogP contribution in [0.25, 0.3) is 0 Å². The Morgan fingerprint density at radius 3 is 2.76 bits per heavy atom. The SMILES string of the molecule is CC(O)CC1CCCN1C(=O)N1CCOCC1. The van der Waals surface area contributed by atoms with Crippen LogP contribution in [0.5, 0.6) is 0 Å². The lowest BCUT2D eigenvalue weighted by molar-refractivity contribution is 0.0399. The fourth-order valence-corrected chi connectivity index (χ4v) is 2.66. The third-order valence-electron chi connectivity index (χ3n) is 3.52. The topological polar surface area (TPSA) is 53.0 Å². The summed E-state index contributed by atoms with van der Waals surface area (Å²) < 4.78 is 5.25. The van der Waals surface area contributed by atoms with E-state index in [0.29, 0.717) is 32.7 Å². The third kappa shape index (κ3) is 3.10. The summed E-state index contributed by atoms with van der Waals surface area (Å²) in [6.07, 6.45) is 2.42. The van der Waals surface area contributed by atoms with Gasteiger partial charge in [-0.3, -0.25) is 0 Å². The standard InChI is InChI=1S/C12H22N2O3/c1-10(15)9-11-3-2-4-14(11)12(16)13-5-7-17-8-6-13/h10-11,15H,2-9H2,1H3. The minimum absolute atomic E-state index is 0.122. The first kappa shape index (κ1) is 12.6. The molecule has 0 radical (unpaired) electrons. The van der Waals surface area contributed by atoms with Gasteiger partial charge in [0, 0.05) is 25.7 Å². The largest absolute Gasteiger partial charge is 0.393 e. The molecule has 0 aliphatic carbocycles. The number of carbonyl (C=O) groups is 1. The summed E-state index contributed by atoms with van der Waals surface area (Å²) in [7, 11) is 0. The second-order valence-corrected chi connectivity index (χ2v) is 4.96. The Labute approximate surface area is 102 Å². The summed E-state index contributed by atoms with van der Waals surface area (Å²) in [5, 5.41) is 9.45. The summed E-state index contributed by atoms with van der Waals surface area (Å²) in [6.45, 7) is 5.28. The summed E-state index contributed by atoms with van der Waals surface area (Å²) >= 11 is 0. The maximum Gasteiger partial charge on any atom is 0.320 e. The molecule has 0 spiro atoms. The lowest BCUT2D eigenvalue weighted by Gasteiger charge is -2.34. The highest BCUT2D eigenvalue weighted by atomic mass is 16.5. The number of urea groups is 1. The van der Waals surface area contributed by atoms with E-state index >= 15 is 0 Å². The number of hydrogen-bond acceptors (Lipinski definition) is 3. The molecule has 17 heavy (non-hydrogen) atoms. The second-order valence-electron chi connectivity index (χ2n) is 4.96. The van der Waals surface area contributed by atoms with Crippen LogP contribution in [0.2, 0.25) is 0 Å². The first-order valence-corrected chi connectivity index (χ1v) is 6.50. The molecule has 0 aromatic rings. The number of rotatable bonds is 2. The number of nitrogens with zero attached hydrogens (tertiary/aromatic N) is 2. The highest BCUT2D eigenvalue weighted by Crippen LogP contribution is 2.23. The molecule has 2 unspecified atom stereocenters. The molecule has 2 aliphatic rings. The van der Waals surface area contributed by atoms with Gasteiger partial charge in [0.15, 0.2) is 0 Å². The van der Waals surface area contributed by atoms with Crippen LogP contribution in [-0.2, 0) is 4.74 Å². The van der Waals surface area contributed by atoms with Gasteiger partial charge >= 0.3 is 6.03 Å². The smallest absolute Gasteiger partial charge is 0.320 e. The number of aliphatic hydroxyl groups is 1. The average Bonchev–Trinajstić information content (AvgIpc) is 2.76. The zero-order chi connectivity index (χ0) is 12.3. The van der Waals surface area contributed by atoms with Gasteiger partial charge in [-0.15, -0.1) is 0 Å². The van der Waals surface area contributed by atoms with Crippen LogP contribution in [0.3, 0.4) is 0 Å². The van der Waals surface area contributed by atoms with Crippen LogP contribution < -0.4 is 0 Å². The Hall–Kier alpha value is -0.810. The number of carbonyl (C=O) groups excluding carboxylic acids is 1. The summed E-state index contributed by atoms with van der Waals surface area (Å²) in [5.74, 6) is 0. The molecule has 0 aromatic heterocycles. The Balaban J connectivity index is 1.92. The first-order chi connectivity index (χ1) is 8.18. The van der Waals surface area contributed by atoms with E-state index in [2.05, 4.69) is 0 Å². The predicted octanol–water partition coefficient (Wildman–Crippen LogP) is 0.674. The van der Waals surface area contributed by atoms with Gasteiger partial charge in [0.2, 0.25) is 0 Å². The van der Waals surface area contributed by atoms with Crippen LogP contribution in [0, 0.1) is 0 Å². The van der Waals surface area contributed by atoms with Gasteiger partial charge in [-0.05, 0) is 26.2 Å². The van der Waals surface area contributed by atoms with Crippen molar-refractivity contribution >= 4 is 6.03 Å². The molecular weight excluding hydrogens is 220 g/mol. The lowest BCUT2D eigenvalue weighted by Crippen LogP contribution is -2.50. The molecule has 1 N–H and O–H groups in total. The molecule has 2 aliphatic heterocycles. The van der Waals surface area contributed by atoms with Crippen LogP contribution in [-0.4, -0.2) is 65.9 Å². The minimum atomic E-state index is -0.335. The number of aliphatic hydroxyl groups excluding tert-OH is 1. The molecular formula is C12H22N2O3. The molecule has 2 saturated heterocycles. The van der Waals surface area contributed by atoms with Crippen molar-refractivity contribution in [1.29, 1.82) is 0 Å². The van der Waals surface area contributed by atoms with E-state index in [0.717, 1.165) is 19.4 Å². The van der Waals surface area contributed by atoms with Gasteiger partial charge in [0.05, 0.1) is 19.3 Å². The van der Waals surface area contributed by atoms with E-state index < -0.39 is 0 Å². The molecule has 0 saturated carbocycles. The van der Waals surface area contributed by atoms with Gasteiger partial charge < -0.3 is 19.6 Å². The highest BCUT2D eigenvalue weighted by molar-refractivity contribution is 5.75. The van der Waals surface area contributed by atoms with Crippen molar-refractivity contribution < 1.29 is 14.6 Å². The maximum atomic E-state index is 12.3. The molecule has 5 heteroatoms. The van der Waals surface area contributed by atoms with E-state index in [1.807, 2.05) is 9.80 Å². The molecule has 2 heterocycles. The third-order valence-corrected chi connectivity index (χ3v) is 3.52. The van der Waals surface area contributed by atoms with Crippen molar-refractivity contribution in [1.82, 2.24) is 9.80 Å². The van der Waals surface area contributed by atoms with Gasteiger partial charge in [-0.25, -0.2) is 4.79 Å². The van der Waals surface area contributed by atoms with Crippen molar-refractivity contribution in [3.05, 3.63) is 0 Å². The van der Waals surface area contributed by atoms with E-state index in [1.165, 1.54) is 0 Å². The van der Waals surface area contributed by atoms with Crippen molar-refractivity contribution in [3.8, 4) is 0 Å². The molecule has 2 rings (SSSR count). The number of likely N-dealkylation sites (tertiary alicyclic amines) is 1. The van der Waals surface area contributed by atoms with E-state index in [9.17, 15) is 9.90 Å². The molecule has 0 aromatic carbocycles. The summed E-state index contributed by atoms with van der Waals surface area (Å²) in [5.41, 5.74) is 0. The van der Waals surface area contributed by atoms with Gasteiger partial charge in [0.25, 0.3) is 0 Å². The van der Waals surface area contributed by atoms with Crippen molar-refractivity contribution in [3.63, 3.8) is 0 Å². The molecule has 2 fully saturated rings. The minimum Gasteiger partial charge on any atom is -0.393 e. The first-order valence-electron chi connectivity index (χ1n) is 6.50. The fraction of sp³-hybridized carbons (Fsp3) is 0.917. The normalized spacial score (nSPS) is 27.3.